The van der Waals surface area contributed by atoms with E-state index in [4.69, 9.17) is 5.11 Å². The van der Waals surface area contributed by atoms with Crippen LogP contribution in [0, 0.1) is 0 Å². The predicted octanol–water partition coefficient (Wildman–Crippen LogP) is -0.511. The number of aromatic nitrogens is 6. The second-order valence-corrected chi connectivity index (χ2v) is 4.44. The molecule has 0 aliphatic rings. The van der Waals surface area contributed by atoms with Crippen molar-refractivity contribution in [2.45, 2.75) is 6.54 Å². The zero-order valence-corrected chi connectivity index (χ0v) is 10.1. The third-order valence-electron chi connectivity index (χ3n) is 2.32. The van der Waals surface area contributed by atoms with Gasteiger partial charge in [-0.2, -0.15) is 9.61 Å². The van der Waals surface area contributed by atoms with Gasteiger partial charge in [0.1, 0.15) is 5.51 Å². The summed E-state index contributed by atoms with van der Waals surface area (Å²) in [6.07, 6.45) is 1.28. The molecule has 0 spiro atoms. The molecule has 10 heteroatoms. The number of carbonyl (C=O) groups is 1. The fourth-order valence-corrected chi connectivity index (χ4v) is 2.16. The molecule has 0 atom stereocenters. The summed E-state index contributed by atoms with van der Waals surface area (Å²) in [7, 11) is 0. The molecule has 3 aromatic heterocycles. The normalized spacial score (nSPS) is 10.9. The van der Waals surface area contributed by atoms with E-state index < -0.39 is 5.97 Å². The van der Waals surface area contributed by atoms with Gasteiger partial charge in [-0.05, 0) is 0 Å². The highest BCUT2D eigenvalue weighted by Gasteiger charge is 2.10. The summed E-state index contributed by atoms with van der Waals surface area (Å²) in [5.41, 5.74) is 1.54. The highest BCUT2D eigenvalue weighted by atomic mass is 32.1. The summed E-state index contributed by atoms with van der Waals surface area (Å²) < 4.78 is 2.50. The Morgan fingerprint density at radius 1 is 1.47 bits per heavy atom. The fraction of sp³-hybridized carbons (Fsp3) is 0.111. The SMILES string of the molecule is O=C(O)c1cn(Cc2cc(=O)n3ncsc3n2)nn1. The first-order chi connectivity index (χ1) is 9.13. The lowest BCUT2D eigenvalue weighted by atomic mass is 10.4. The Kier molecular flexibility index (Phi) is 2.56. The maximum absolute atomic E-state index is 11.7. The Morgan fingerprint density at radius 2 is 2.32 bits per heavy atom. The number of rotatable bonds is 3. The standard InChI is InChI=1S/C9H6N6O3S/c16-7-1-5(11-9-15(7)10-4-19-9)2-14-3-6(8(17)18)12-13-14/h1,3-4H,2H2,(H,17,18). The lowest BCUT2D eigenvalue weighted by molar-refractivity contribution is 0.0690. The van der Waals surface area contributed by atoms with Crippen molar-refractivity contribution in [1.82, 2.24) is 29.6 Å². The monoisotopic (exact) mass is 278 g/mol. The summed E-state index contributed by atoms with van der Waals surface area (Å²) >= 11 is 1.24. The van der Waals surface area contributed by atoms with Crippen LogP contribution in [0.25, 0.3) is 4.96 Å². The van der Waals surface area contributed by atoms with E-state index in [1.54, 1.807) is 0 Å². The van der Waals surface area contributed by atoms with E-state index in [2.05, 4.69) is 20.4 Å². The predicted molar refractivity (Wildman–Crippen MR) is 63.2 cm³/mol. The van der Waals surface area contributed by atoms with Crippen LogP contribution in [0.3, 0.4) is 0 Å². The van der Waals surface area contributed by atoms with Crippen LogP contribution in [0.5, 0.6) is 0 Å². The van der Waals surface area contributed by atoms with Crippen LogP contribution in [0.1, 0.15) is 16.2 Å². The average Bonchev–Trinajstić information content (AvgIpc) is 2.97. The van der Waals surface area contributed by atoms with Gasteiger partial charge in [0.05, 0.1) is 18.4 Å². The maximum Gasteiger partial charge on any atom is 0.358 e. The van der Waals surface area contributed by atoms with Crippen LogP contribution in [0.15, 0.2) is 22.6 Å². The zero-order chi connectivity index (χ0) is 13.4. The Bertz CT molecular complexity index is 819. The molecule has 3 rings (SSSR count). The maximum atomic E-state index is 11.7. The molecule has 0 amide bonds. The molecule has 1 N–H and O–H groups in total. The van der Waals surface area contributed by atoms with E-state index in [1.165, 1.54) is 38.3 Å². The van der Waals surface area contributed by atoms with Gasteiger partial charge in [-0.15, -0.1) is 5.10 Å². The van der Waals surface area contributed by atoms with Crippen molar-refractivity contribution in [1.29, 1.82) is 0 Å². The minimum Gasteiger partial charge on any atom is -0.476 e. The van der Waals surface area contributed by atoms with Gasteiger partial charge < -0.3 is 5.11 Å². The number of aromatic carboxylic acids is 1. The molecule has 96 valence electrons. The Balaban J connectivity index is 1.96. The molecule has 3 heterocycles. The van der Waals surface area contributed by atoms with Crippen LogP contribution in [0.4, 0.5) is 0 Å². The van der Waals surface area contributed by atoms with Crippen LogP contribution >= 0.6 is 11.3 Å². The van der Waals surface area contributed by atoms with E-state index >= 15 is 0 Å². The van der Waals surface area contributed by atoms with Gasteiger partial charge in [0.2, 0.25) is 4.96 Å². The quantitative estimate of drug-likeness (QED) is 0.685. The van der Waals surface area contributed by atoms with Crippen LogP contribution in [0.2, 0.25) is 0 Å². The van der Waals surface area contributed by atoms with Gasteiger partial charge in [-0.3, -0.25) is 4.79 Å². The minimum atomic E-state index is -1.16. The Morgan fingerprint density at radius 3 is 3.05 bits per heavy atom. The molecule has 9 nitrogen and oxygen atoms in total. The molecule has 0 saturated heterocycles. The molecule has 0 fully saturated rings. The van der Waals surface area contributed by atoms with Crippen molar-refractivity contribution < 1.29 is 9.90 Å². The smallest absolute Gasteiger partial charge is 0.358 e. The molecule has 0 aliphatic heterocycles. The van der Waals surface area contributed by atoms with Gasteiger partial charge in [0.15, 0.2) is 5.69 Å². The summed E-state index contributed by atoms with van der Waals surface area (Å²) in [6.45, 7) is 0.171. The van der Waals surface area contributed by atoms with E-state index in [0.717, 1.165) is 0 Å². The first-order valence-corrected chi connectivity index (χ1v) is 5.97. The number of hydrogen-bond donors (Lipinski definition) is 1. The van der Waals surface area contributed by atoms with Crippen molar-refractivity contribution in [2.24, 2.45) is 0 Å². The molecule has 0 unspecified atom stereocenters. The molecule has 0 radical (unpaired) electrons. The van der Waals surface area contributed by atoms with Gasteiger partial charge in [0, 0.05) is 6.07 Å². The first-order valence-electron chi connectivity index (χ1n) is 5.09. The molecular formula is C9H6N6O3S. The van der Waals surface area contributed by atoms with E-state index in [9.17, 15) is 9.59 Å². The molecular weight excluding hydrogens is 272 g/mol. The van der Waals surface area contributed by atoms with Gasteiger partial charge in [0.25, 0.3) is 5.56 Å². The lowest BCUT2D eigenvalue weighted by Gasteiger charge is -1.99. The van der Waals surface area contributed by atoms with E-state index in [1.807, 2.05) is 0 Å². The zero-order valence-electron chi connectivity index (χ0n) is 9.29. The molecule has 0 bridgehead atoms. The number of nitrogens with zero attached hydrogens (tertiary/aromatic N) is 6. The highest BCUT2D eigenvalue weighted by molar-refractivity contribution is 7.14. The second-order valence-electron chi connectivity index (χ2n) is 3.63. The summed E-state index contributed by atoms with van der Waals surface area (Å²) in [5, 5.41) is 19.7. The topological polar surface area (TPSA) is 115 Å². The largest absolute Gasteiger partial charge is 0.476 e. The minimum absolute atomic E-state index is 0.157. The van der Waals surface area contributed by atoms with Gasteiger partial charge in [-0.1, -0.05) is 16.6 Å². The Labute approximate surface area is 108 Å². The summed E-state index contributed by atoms with van der Waals surface area (Å²) in [5.74, 6) is -1.16. The fourth-order valence-electron chi connectivity index (χ4n) is 1.52. The molecule has 0 saturated carbocycles. The van der Waals surface area contributed by atoms with Crippen molar-refractivity contribution in [3.8, 4) is 0 Å². The van der Waals surface area contributed by atoms with Crippen LogP contribution < -0.4 is 5.56 Å². The number of fused-ring (bicyclic) bond motifs is 1. The molecule has 0 aromatic carbocycles. The molecule has 0 aliphatic carbocycles. The van der Waals surface area contributed by atoms with Gasteiger partial charge >= 0.3 is 5.97 Å². The number of carboxylic acid groups (broad SMARTS) is 1. The van der Waals surface area contributed by atoms with Crippen LogP contribution in [-0.2, 0) is 6.54 Å². The summed E-state index contributed by atoms with van der Waals surface area (Å²) in [4.78, 5) is 27.1. The molecule has 3 aromatic rings. The highest BCUT2D eigenvalue weighted by Crippen LogP contribution is 2.05. The molecule has 19 heavy (non-hydrogen) atoms. The first kappa shape index (κ1) is 11.5. The van der Waals surface area contributed by atoms with Crippen molar-refractivity contribution >= 4 is 22.3 Å². The van der Waals surface area contributed by atoms with Gasteiger partial charge in [-0.25, -0.2) is 14.5 Å². The van der Waals surface area contributed by atoms with Crippen molar-refractivity contribution in [3.63, 3.8) is 0 Å². The second kappa shape index (κ2) is 4.24. The Hall–Kier alpha value is -2.62. The van der Waals surface area contributed by atoms with Crippen molar-refractivity contribution in [2.75, 3.05) is 0 Å². The van der Waals surface area contributed by atoms with Crippen molar-refractivity contribution in [3.05, 3.63) is 39.5 Å². The van der Waals surface area contributed by atoms with E-state index in [-0.39, 0.29) is 17.8 Å². The third-order valence-corrected chi connectivity index (χ3v) is 3.00. The summed E-state index contributed by atoms with van der Waals surface area (Å²) in [6, 6.07) is 1.33. The third kappa shape index (κ3) is 2.08. The number of hydrogen-bond acceptors (Lipinski definition) is 7. The average molecular weight is 278 g/mol. The van der Waals surface area contributed by atoms with Crippen LogP contribution in [-0.4, -0.2) is 40.7 Å². The van der Waals surface area contributed by atoms with E-state index in [0.29, 0.717) is 10.7 Å². The number of carboxylic acids is 1. The lowest BCUT2D eigenvalue weighted by Crippen LogP contribution is -2.16.